The summed E-state index contributed by atoms with van der Waals surface area (Å²) >= 11 is 0. The molecule has 1 aliphatic carbocycles. The molecule has 8 heteroatoms. The molecule has 0 saturated heterocycles. The topological polar surface area (TPSA) is 91.2 Å². The third kappa shape index (κ3) is 4.63. The predicted octanol–water partition coefficient (Wildman–Crippen LogP) is 5.32. The minimum atomic E-state index is -3.58. The maximum Gasteiger partial charge on any atom is 0.348 e. The third-order valence-electron chi connectivity index (χ3n) is 6.97. The van der Waals surface area contributed by atoms with Crippen LogP contribution in [0.15, 0.2) is 34.3 Å². The lowest BCUT2D eigenvalue weighted by Gasteiger charge is -2.35. The number of carbonyl (C=O) groups is 1. The van der Waals surface area contributed by atoms with Crippen LogP contribution in [0.1, 0.15) is 64.9 Å². The average molecular weight is 474 g/mol. The second-order valence-electron chi connectivity index (χ2n) is 10.7. The van der Waals surface area contributed by atoms with Gasteiger partial charge in [0, 0.05) is 13.7 Å². The number of carbonyl (C=O) groups excluding carboxylic acids is 1. The highest BCUT2D eigenvalue weighted by atomic mass is 31.2. The van der Waals surface area contributed by atoms with Crippen molar-refractivity contribution in [2.24, 2.45) is 16.1 Å². The van der Waals surface area contributed by atoms with Gasteiger partial charge in [0.2, 0.25) is 0 Å². The fourth-order valence-corrected chi connectivity index (χ4v) is 6.69. The van der Waals surface area contributed by atoms with Crippen LogP contribution in [-0.4, -0.2) is 41.4 Å². The molecule has 1 aromatic carbocycles. The Hall–Kier alpha value is -2.11. The Morgan fingerprint density at radius 2 is 1.94 bits per heavy atom. The summed E-state index contributed by atoms with van der Waals surface area (Å²) in [5.41, 5.74) is 1.71. The predicted molar refractivity (Wildman–Crippen MR) is 132 cm³/mol. The lowest BCUT2D eigenvalue weighted by Crippen LogP contribution is -2.43. The highest BCUT2D eigenvalue weighted by Gasteiger charge is 2.47. The third-order valence-corrected chi connectivity index (χ3v) is 8.91. The number of nitrogens with one attached hydrogen (secondary N) is 1. The zero-order chi connectivity index (χ0) is 24.0. The molecular formula is C25H36N3O4P. The van der Waals surface area contributed by atoms with Gasteiger partial charge in [0.1, 0.15) is 11.3 Å². The molecule has 1 aromatic rings. The van der Waals surface area contributed by atoms with E-state index in [0.29, 0.717) is 17.5 Å². The number of benzene rings is 1. The van der Waals surface area contributed by atoms with Gasteiger partial charge in [-0.1, -0.05) is 51.7 Å². The molecule has 7 nitrogen and oxygen atoms in total. The standard InChI is InChI=1S/C25H36N3O4P/c1-16-11-12-18-19(15-16)33(31,32-5)27-23(26-18)20-22(29)21(17-9-7-6-8-10-17)28(24(20)30)14-13-25(2,3)4/h11-12,15,17,21,29H,6-10,13-14H2,1-5H3,(H,26,27,31). The van der Waals surface area contributed by atoms with Gasteiger partial charge >= 0.3 is 7.52 Å². The van der Waals surface area contributed by atoms with E-state index in [2.05, 4.69) is 30.9 Å². The summed E-state index contributed by atoms with van der Waals surface area (Å²) in [5.74, 6) is 0.147. The molecule has 0 radical (unpaired) electrons. The van der Waals surface area contributed by atoms with Crippen LogP contribution in [0.3, 0.4) is 0 Å². The number of hydrogen-bond donors (Lipinski definition) is 2. The van der Waals surface area contributed by atoms with E-state index in [1.165, 1.54) is 13.5 Å². The average Bonchev–Trinajstić information content (AvgIpc) is 3.02. The van der Waals surface area contributed by atoms with Crippen LogP contribution in [0.4, 0.5) is 5.69 Å². The van der Waals surface area contributed by atoms with Gasteiger partial charge in [-0.3, -0.25) is 9.36 Å². The monoisotopic (exact) mass is 473 g/mol. The number of anilines is 1. The Bertz CT molecular complexity index is 1050. The number of rotatable bonds is 5. The van der Waals surface area contributed by atoms with Crippen molar-refractivity contribution in [1.29, 1.82) is 0 Å². The fraction of sp³-hybridized carbons (Fsp3) is 0.600. The molecule has 1 fully saturated rings. The van der Waals surface area contributed by atoms with Crippen LogP contribution in [0.25, 0.3) is 0 Å². The molecule has 2 aliphatic heterocycles. The van der Waals surface area contributed by atoms with Crippen LogP contribution >= 0.6 is 7.52 Å². The summed E-state index contributed by atoms with van der Waals surface area (Å²) in [6, 6.07) is 5.15. The number of hydrogen-bond acceptors (Lipinski definition) is 5. The minimum absolute atomic E-state index is 0.0465. The van der Waals surface area contributed by atoms with E-state index < -0.39 is 7.52 Å². The van der Waals surface area contributed by atoms with Gasteiger partial charge in [0.05, 0.1) is 17.0 Å². The van der Waals surface area contributed by atoms with Crippen molar-refractivity contribution in [2.45, 2.75) is 72.3 Å². The first kappa shape index (κ1) is 24.0. The molecule has 2 heterocycles. The zero-order valence-electron chi connectivity index (χ0n) is 20.4. The molecule has 0 spiro atoms. The van der Waals surface area contributed by atoms with Crippen LogP contribution in [0, 0.1) is 18.3 Å². The smallest absolute Gasteiger partial charge is 0.348 e. The van der Waals surface area contributed by atoms with Crippen LogP contribution in [0.2, 0.25) is 0 Å². The molecule has 180 valence electrons. The number of amidine groups is 1. The van der Waals surface area contributed by atoms with Crippen molar-refractivity contribution in [3.8, 4) is 0 Å². The first-order valence-corrected chi connectivity index (χ1v) is 13.5. The Labute approximate surface area is 196 Å². The van der Waals surface area contributed by atoms with Gasteiger partial charge < -0.3 is 19.8 Å². The highest BCUT2D eigenvalue weighted by Crippen LogP contribution is 2.52. The minimum Gasteiger partial charge on any atom is -0.509 e. The molecule has 2 N–H and O–H groups in total. The fourth-order valence-electron chi connectivity index (χ4n) is 5.09. The molecule has 1 saturated carbocycles. The van der Waals surface area contributed by atoms with Crippen LogP contribution in [0.5, 0.6) is 0 Å². The summed E-state index contributed by atoms with van der Waals surface area (Å²) in [5, 5.41) is 15.1. The summed E-state index contributed by atoms with van der Waals surface area (Å²) < 4.78 is 23.4. The first-order valence-electron chi connectivity index (χ1n) is 11.9. The van der Waals surface area contributed by atoms with Crippen LogP contribution < -0.4 is 10.6 Å². The normalized spacial score (nSPS) is 26.3. The van der Waals surface area contributed by atoms with Gasteiger partial charge in [-0.15, -0.1) is 0 Å². The molecule has 4 rings (SSSR count). The zero-order valence-corrected chi connectivity index (χ0v) is 21.2. The largest absolute Gasteiger partial charge is 0.509 e. The van der Waals surface area contributed by atoms with E-state index in [1.54, 1.807) is 6.07 Å². The van der Waals surface area contributed by atoms with E-state index in [0.717, 1.165) is 37.7 Å². The van der Waals surface area contributed by atoms with E-state index >= 15 is 0 Å². The van der Waals surface area contributed by atoms with Gasteiger partial charge in [0.25, 0.3) is 5.91 Å². The van der Waals surface area contributed by atoms with Crippen molar-refractivity contribution >= 4 is 30.3 Å². The quantitative estimate of drug-likeness (QED) is 0.565. The maximum atomic E-state index is 13.7. The number of aliphatic hydroxyl groups excluding tert-OH is 1. The lowest BCUT2D eigenvalue weighted by molar-refractivity contribution is -0.128. The van der Waals surface area contributed by atoms with E-state index in [4.69, 9.17) is 4.52 Å². The second-order valence-corrected chi connectivity index (χ2v) is 12.8. The number of amides is 1. The molecule has 1 amide bonds. The summed E-state index contributed by atoms with van der Waals surface area (Å²) in [7, 11) is -2.21. The molecular weight excluding hydrogens is 437 g/mol. The van der Waals surface area contributed by atoms with Crippen molar-refractivity contribution in [2.75, 3.05) is 19.0 Å². The van der Waals surface area contributed by atoms with Crippen molar-refractivity contribution in [1.82, 2.24) is 4.90 Å². The second kappa shape index (κ2) is 8.92. The summed E-state index contributed by atoms with van der Waals surface area (Å²) in [6.07, 6.45) is 6.20. The van der Waals surface area contributed by atoms with Gasteiger partial charge in [-0.2, -0.15) is 4.76 Å². The van der Waals surface area contributed by atoms with Gasteiger partial charge in [-0.05, 0) is 49.7 Å². The SMILES string of the molecule is COP1(=O)N=C(C2=C(O)C(C3CCCCC3)N(CCC(C)(C)C)C2=O)Nc2ccc(C)cc21. The van der Waals surface area contributed by atoms with E-state index in [9.17, 15) is 14.5 Å². The van der Waals surface area contributed by atoms with Crippen molar-refractivity contribution in [3.63, 3.8) is 0 Å². The summed E-state index contributed by atoms with van der Waals surface area (Å²) in [4.78, 5) is 15.5. The molecule has 0 bridgehead atoms. The Morgan fingerprint density at radius 3 is 2.58 bits per heavy atom. The Kier molecular flexibility index (Phi) is 6.49. The van der Waals surface area contributed by atoms with Gasteiger partial charge in [-0.25, -0.2) is 0 Å². The molecule has 2 atom stereocenters. The van der Waals surface area contributed by atoms with E-state index in [1.807, 2.05) is 24.0 Å². The number of fused-ring (bicyclic) bond motifs is 1. The van der Waals surface area contributed by atoms with Gasteiger partial charge in [0.15, 0.2) is 5.84 Å². The number of nitrogens with zero attached hydrogens (tertiary/aromatic N) is 2. The number of aryl methyl sites for hydroxylation is 1. The molecule has 2 unspecified atom stereocenters. The van der Waals surface area contributed by atoms with Crippen molar-refractivity contribution in [3.05, 3.63) is 35.1 Å². The first-order chi connectivity index (χ1) is 15.5. The lowest BCUT2D eigenvalue weighted by atomic mass is 9.82. The van der Waals surface area contributed by atoms with Crippen LogP contribution in [-0.2, 0) is 13.9 Å². The molecule has 3 aliphatic rings. The molecule has 33 heavy (non-hydrogen) atoms. The van der Waals surface area contributed by atoms with Crippen molar-refractivity contribution < 1.29 is 19.0 Å². The molecule has 0 aromatic heterocycles. The Morgan fingerprint density at radius 1 is 1.24 bits per heavy atom. The highest BCUT2D eigenvalue weighted by molar-refractivity contribution is 7.66. The summed E-state index contributed by atoms with van der Waals surface area (Å²) in [6.45, 7) is 8.92. The van der Waals surface area contributed by atoms with E-state index in [-0.39, 0.29) is 40.4 Å². The maximum absolute atomic E-state index is 13.7. The Balaban J connectivity index is 1.75. The number of aliphatic hydroxyl groups is 1.